The molecule has 0 fully saturated rings. The summed E-state index contributed by atoms with van der Waals surface area (Å²) in [6.07, 6.45) is 0.759. The maximum Gasteiger partial charge on any atom is 0.213 e. The van der Waals surface area contributed by atoms with Gasteiger partial charge in [-0.3, -0.25) is 0 Å². The monoisotopic (exact) mass is 322 g/mol. The van der Waals surface area contributed by atoms with Gasteiger partial charge in [0.2, 0.25) is 11.2 Å². The highest BCUT2D eigenvalue weighted by Crippen LogP contribution is 2.25. The Labute approximate surface area is 143 Å². The molecule has 0 unspecified atom stereocenters. The van der Waals surface area contributed by atoms with E-state index in [-0.39, 0.29) is 5.82 Å². The van der Waals surface area contributed by atoms with Crippen molar-refractivity contribution >= 4 is 10.9 Å². The summed E-state index contributed by atoms with van der Waals surface area (Å²) in [5.74, 6) is 0.333. The number of pyridine rings is 1. The lowest BCUT2D eigenvalue weighted by Gasteiger charge is -2.10. The molecule has 0 atom stereocenters. The summed E-state index contributed by atoms with van der Waals surface area (Å²) < 4.78 is 16.5. The van der Waals surface area contributed by atoms with E-state index in [1.807, 2.05) is 12.1 Å². The first kappa shape index (κ1) is 16.6. The molecule has 2 aromatic carbocycles. The number of hydrogen-bond donors (Lipinski definition) is 0. The lowest BCUT2D eigenvalue weighted by molar-refractivity contribution is -0.633. The van der Waals surface area contributed by atoms with Crippen molar-refractivity contribution in [2.24, 2.45) is 13.0 Å². The van der Waals surface area contributed by atoms with E-state index in [0.717, 1.165) is 28.6 Å². The zero-order valence-corrected chi connectivity index (χ0v) is 15.2. The number of nitrogens with zero attached hydrogens (tertiary/aromatic N) is 1. The second-order valence-corrected chi connectivity index (χ2v) is 7.20. The molecule has 1 heterocycles. The van der Waals surface area contributed by atoms with E-state index < -0.39 is 0 Å². The third-order valence-corrected chi connectivity index (χ3v) is 4.64. The smallest absolute Gasteiger partial charge is 0.207 e. The van der Waals surface area contributed by atoms with Crippen molar-refractivity contribution < 1.29 is 8.96 Å². The maximum atomic E-state index is 14.3. The first-order valence-electron chi connectivity index (χ1n) is 8.55. The molecular formula is C22H25FN+. The molecular weight excluding hydrogens is 297 g/mol. The van der Waals surface area contributed by atoms with Crippen LogP contribution in [0.4, 0.5) is 4.39 Å². The molecule has 2 heteroatoms. The Morgan fingerprint density at radius 1 is 1.00 bits per heavy atom. The third kappa shape index (κ3) is 3.06. The summed E-state index contributed by atoms with van der Waals surface area (Å²) in [6.45, 7) is 8.49. The molecule has 1 aromatic heterocycles. The van der Waals surface area contributed by atoms with Crippen LogP contribution in [-0.2, 0) is 13.5 Å². The van der Waals surface area contributed by atoms with Gasteiger partial charge in [-0.25, -0.2) is 4.39 Å². The number of rotatable bonds is 3. The van der Waals surface area contributed by atoms with Crippen LogP contribution in [0.2, 0.25) is 0 Å². The number of benzene rings is 2. The van der Waals surface area contributed by atoms with Gasteiger partial charge in [0.05, 0.1) is 0 Å². The fourth-order valence-electron chi connectivity index (χ4n) is 3.33. The van der Waals surface area contributed by atoms with Crippen molar-refractivity contribution in [1.82, 2.24) is 0 Å². The predicted octanol–water partition coefficient (Wildman–Crippen LogP) is 5.29. The molecule has 0 saturated heterocycles. The largest absolute Gasteiger partial charge is 0.213 e. The summed E-state index contributed by atoms with van der Waals surface area (Å²) in [7, 11) is 2.07. The molecule has 3 aromatic rings. The molecule has 0 saturated carbocycles. The standard InChI is InChI=1S/C22H25FN/c1-14(2)10-18-13-22-17(12-20(18)23)8-9-21(24(22)5)19-11-15(3)6-7-16(19)4/h6-9,11-14H,10H2,1-5H3/q+1. The first-order valence-corrected chi connectivity index (χ1v) is 8.55. The summed E-state index contributed by atoms with van der Waals surface area (Å²) in [5.41, 5.74) is 6.76. The van der Waals surface area contributed by atoms with E-state index in [1.165, 1.54) is 16.7 Å². The van der Waals surface area contributed by atoms with Crippen LogP contribution in [0, 0.1) is 25.6 Å². The average molecular weight is 322 g/mol. The Morgan fingerprint density at radius 3 is 2.46 bits per heavy atom. The molecule has 0 N–H and O–H groups in total. The molecule has 0 radical (unpaired) electrons. The van der Waals surface area contributed by atoms with Gasteiger partial charge in [0.15, 0.2) is 0 Å². The van der Waals surface area contributed by atoms with Gasteiger partial charge in [0, 0.05) is 23.1 Å². The van der Waals surface area contributed by atoms with Gasteiger partial charge in [0.1, 0.15) is 12.9 Å². The van der Waals surface area contributed by atoms with Crippen LogP contribution < -0.4 is 4.57 Å². The van der Waals surface area contributed by atoms with Gasteiger partial charge >= 0.3 is 0 Å². The van der Waals surface area contributed by atoms with Crippen molar-refractivity contribution in [3.05, 3.63) is 65.0 Å². The van der Waals surface area contributed by atoms with Gasteiger partial charge in [-0.1, -0.05) is 31.5 Å². The van der Waals surface area contributed by atoms with Gasteiger partial charge < -0.3 is 0 Å². The summed E-state index contributed by atoms with van der Waals surface area (Å²) in [4.78, 5) is 0. The molecule has 0 aliphatic rings. The molecule has 0 aliphatic carbocycles. The number of hydrogen-bond acceptors (Lipinski definition) is 0. The summed E-state index contributed by atoms with van der Waals surface area (Å²) in [5, 5.41) is 0.941. The number of fused-ring (bicyclic) bond motifs is 1. The Kier molecular flexibility index (Phi) is 4.40. The molecule has 0 aliphatic heterocycles. The third-order valence-electron chi connectivity index (χ3n) is 4.64. The van der Waals surface area contributed by atoms with Crippen LogP contribution >= 0.6 is 0 Å². The minimum atomic E-state index is -0.101. The van der Waals surface area contributed by atoms with Gasteiger partial charge in [-0.15, -0.1) is 0 Å². The lowest BCUT2D eigenvalue weighted by Crippen LogP contribution is -2.32. The van der Waals surface area contributed by atoms with E-state index in [1.54, 1.807) is 6.07 Å². The molecule has 0 spiro atoms. The summed E-state index contributed by atoms with van der Waals surface area (Å²) >= 11 is 0. The highest BCUT2D eigenvalue weighted by Gasteiger charge is 2.18. The quantitative estimate of drug-likeness (QED) is 0.577. The molecule has 24 heavy (non-hydrogen) atoms. The molecule has 0 bridgehead atoms. The van der Waals surface area contributed by atoms with Crippen molar-refractivity contribution in [2.75, 3.05) is 0 Å². The van der Waals surface area contributed by atoms with Crippen LogP contribution in [0.3, 0.4) is 0 Å². The number of halogens is 1. The van der Waals surface area contributed by atoms with E-state index in [0.29, 0.717) is 5.92 Å². The number of aromatic nitrogens is 1. The van der Waals surface area contributed by atoms with Gasteiger partial charge in [-0.05, 0) is 55.5 Å². The average Bonchev–Trinajstić information content (AvgIpc) is 2.51. The van der Waals surface area contributed by atoms with E-state index in [9.17, 15) is 4.39 Å². The SMILES string of the molecule is Cc1ccc(C)c(-c2ccc3cc(F)c(CC(C)C)cc3[n+]2C)c1. The Balaban J connectivity index is 2.23. The van der Waals surface area contributed by atoms with Crippen molar-refractivity contribution in [3.63, 3.8) is 0 Å². The fourth-order valence-corrected chi connectivity index (χ4v) is 3.33. The normalized spacial score (nSPS) is 11.5. The summed E-state index contributed by atoms with van der Waals surface area (Å²) in [6, 6.07) is 14.3. The van der Waals surface area contributed by atoms with Crippen molar-refractivity contribution in [1.29, 1.82) is 0 Å². The minimum Gasteiger partial charge on any atom is -0.207 e. The van der Waals surface area contributed by atoms with Crippen molar-refractivity contribution in [2.45, 2.75) is 34.1 Å². The molecule has 124 valence electrons. The van der Waals surface area contributed by atoms with Crippen LogP contribution in [0.5, 0.6) is 0 Å². The zero-order chi connectivity index (χ0) is 17.4. The second-order valence-electron chi connectivity index (χ2n) is 7.20. The minimum absolute atomic E-state index is 0.101. The van der Waals surface area contributed by atoms with Gasteiger partial charge in [0.25, 0.3) is 0 Å². The Morgan fingerprint density at radius 2 is 1.75 bits per heavy atom. The highest BCUT2D eigenvalue weighted by atomic mass is 19.1. The molecule has 1 nitrogen and oxygen atoms in total. The van der Waals surface area contributed by atoms with E-state index >= 15 is 0 Å². The Bertz CT molecular complexity index is 909. The van der Waals surface area contributed by atoms with E-state index in [2.05, 4.69) is 63.6 Å². The van der Waals surface area contributed by atoms with Crippen LogP contribution in [0.15, 0.2) is 42.5 Å². The highest BCUT2D eigenvalue weighted by molar-refractivity contribution is 5.79. The second kappa shape index (κ2) is 6.35. The van der Waals surface area contributed by atoms with E-state index in [4.69, 9.17) is 0 Å². The maximum absolute atomic E-state index is 14.3. The topological polar surface area (TPSA) is 3.88 Å². The number of aryl methyl sites for hydroxylation is 3. The molecule has 0 amide bonds. The lowest BCUT2D eigenvalue weighted by atomic mass is 9.98. The predicted molar refractivity (Wildman–Crippen MR) is 98.5 cm³/mol. The van der Waals surface area contributed by atoms with Crippen LogP contribution in [0.1, 0.15) is 30.5 Å². The fraction of sp³-hybridized carbons (Fsp3) is 0.318. The van der Waals surface area contributed by atoms with Gasteiger partial charge in [-0.2, -0.15) is 4.57 Å². The zero-order valence-electron chi connectivity index (χ0n) is 15.2. The first-order chi connectivity index (χ1) is 11.4. The molecule has 3 rings (SSSR count). The van der Waals surface area contributed by atoms with Crippen molar-refractivity contribution in [3.8, 4) is 11.3 Å². The van der Waals surface area contributed by atoms with Crippen LogP contribution in [-0.4, -0.2) is 0 Å². The Hall–Kier alpha value is -2.22. The van der Waals surface area contributed by atoms with Crippen LogP contribution in [0.25, 0.3) is 22.2 Å².